The number of hydrogen-bond acceptors (Lipinski definition) is 3. The average Bonchev–Trinajstić information content (AvgIpc) is 2.46. The lowest BCUT2D eigenvalue weighted by Gasteiger charge is -2.08. The fraction of sp³-hybridized carbons (Fsp3) is 0.562. The van der Waals surface area contributed by atoms with Crippen molar-refractivity contribution in [2.45, 2.75) is 63.2 Å². The molecule has 0 bridgehead atoms. The number of carbonyl (C=O) groups is 1. The summed E-state index contributed by atoms with van der Waals surface area (Å²) in [6.45, 7) is 2.18. The zero-order chi connectivity index (χ0) is 16.4. The number of unbranched alkanes of at least 4 members (excludes halogenated alkanes) is 6. The van der Waals surface area contributed by atoms with Crippen LogP contribution in [-0.4, -0.2) is 18.9 Å². The fourth-order valence-electron chi connectivity index (χ4n) is 2.25. The first-order chi connectivity index (χ1) is 10.4. The molecule has 0 unspecified atom stereocenters. The number of nitrogens with one attached hydrogen (secondary N) is 1. The van der Waals surface area contributed by atoms with Crippen LogP contribution in [0, 0.1) is 0 Å². The Morgan fingerprint density at radius 3 is 2.27 bits per heavy atom. The van der Waals surface area contributed by atoms with Gasteiger partial charge in [-0.1, -0.05) is 57.6 Å². The largest absolute Gasteiger partial charge is 0.325 e. The van der Waals surface area contributed by atoms with Gasteiger partial charge in [-0.2, -0.15) is 8.42 Å². The summed E-state index contributed by atoms with van der Waals surface area (Å²) in [7, 11) is -4.33. The van der Waals surface area contributed by atoms with Gasteiger partial charge in [0.15, 0.2) is 0 Å². The molecule has 124 valence electrons. The molecule has 0 aliphatic rings. The topological polar surface area (TPSA) is 83.5 Å². The van der Waals surface area contributed by atoms with E-state index in [1.807, 2.05) is 0 Å². The monoisotopic (exact) mass is 327 g/mol. The van der Waals surface area contributed by atoms with E-state index in [-0.39, 0.29) is 16.5 Å². The zero-order valence-corrected chi connectivity index (χ0v) is 13.9. The summed E-state index contributed by atoms with van der Waals surface area (Å²) in [6, 6.07) is 5.83. The summed E-state index contributed by atoms with van der Waals surface area (Å²) >= 11 is 0. The van der Waals surface area contributed by atoms with Gasteiger partial charge in [0.25, 0.3) is 10.1 Å². The molecule has 1 rings (SSSR count). The number of hydrogen-bond donors (Lipinski definition) is 2. The first kappa shape index (κ1) is 18.6. The molecule has 0 atom stereocenters. The lowest BCUT2D eigenvalue weighted by molar-refractivity contribution is -0.116. The second-order valence-electron chi connectivity index (χ2n) is 5.39. The number of amides is 1. The van der Waals surface area contributed by atoms with Crippen molar-refractivity contribution < 1.29 is 17.8 Å². The van der Waals surface area contributed by atoms with Gasteiger partial charge < -0.3 is 5.32 Å². The molecule has 0 aromatic heterocycles. The highest BCUT2D eigenvalue weighted by Gasteiger charge is 2.16. The van der Waals surface area contributed by atoms with E-state index in [1.165, 1.54) is 43.9 Å². The molecule has 0 heterocycles. The molecule has 6 heteroatoms. The maximum atomic E-state index is 11.8. The number of benzene rings is 1. The van der Waals surface area contributed by atoms with Crippen LogP contribution in [-0.2, 0) is 14.9 Å². The van der Waals surface area contributed by atoms with Gasteiger partial charge in [-0.25, -0.2) is 0 Å². The predicted molar refractivity (Wildman–Crippen MR) is 87.5 cm³/mol. The highest BCUT2D eigenvalue weighted by molar-refractivity contribution is 7.86. The summed E-state index contributed by atoms with van der Waals surface area (Å²) < 4.78 is 31.6. The third-order valence-electron chi connectivity index (χ3n) is 3.45. The van der Waals surface area contributed by atoms with E-state index < -0.39 is 10.1 Å². The standard InChI is InChI=1S/C16H25NO4S/c1-2-3-4-5-6-7-8-13-16(18)17-14-11-9-10-12-15(14)22(19,20)21/h9-12H,2-8,13H2,1H3,(H,17,18)(H,19,20,21). The van der Waals surface area contributed by atoms with Gasteiger partial charge in [-0.05, 0) is 18.6 Å². The average molecular weight is 327 g/mol. The second-order valence-corrected chi connectivity index (χ2v) is 6.78. The molecule has 2 N–H and O–H groups in total. The minimum Gasteiger partial charge on any atom is -0.325 e. The van der Waals surface area contributed by atoms with Crippen LogP contribution >= 0.6 is 0 Å². The third kappa shape index (κ3) is 7.04. The van der Waals surface area contributed by atoms with Crippen LogP contribution in [0.4, 0.5) is 5.69 Å². The number of anilines is 1. The third-order valence-corrected chi connectivity index (χ3v) is 4.36. The van der Waals surface area contributed by atoms with Crippen LogP contribution in [0.15, 0.2) is 29.2 Å². The summed E-state index contributed by atoms with van der Waals surface area (Å²) in [5.41, 5.74) is 0.123. The Labute approximate surface area is 132 Å². The van der Waals surface area contributed by atoms with Crippen molar-refractivity contribution in [2.24, 2.45) is 0 Å². The van der Waals surface area contributed by atoms with Crippen LogP contribution in [0.5, 0.6) is 0 Å². The second kappa shape index (κ2) is 9.58. The van der Waals surface area contributed by atoms with E-state index in [4.69, 9.17) is 4.55 Å². The fourth-order valence-corrected chi connectivity index (χ4v) is 2.90. The maximum Gasteiger partial charge on any atom is 0.296 e. The molecule has 0 saturated carbocycles. The molecule has 1 aromatic rings. The van der Waals surface area contributed by atoms with Gasteiger partial charge in [0.2, 0.25) is 5.91 Å². The van der Waals surface area contributed by atoms with Gasteiger partial charge in [-0.15, -0.1) is 0 Å². The number of carbonyl (C=O) groups excluding carboxylic acids is 1. The molecular weight excluding hydrogens is 302 g/mol. The van der Waals surface area contributed by atoms with Gasteiger partial charge in [-0.3, -0.25) is 9.35 Å². The highest BCUT2D eigenvalue weighted by atomic mass is 32.2. The van der Waals surface area contributed by atoms with Crippen LogP contribution < -0.4 is 5.32 Å². The van der Waals surface area contributed by atoms with Crippen LogP contribution in [0.3, 0.4) is 0 Å². The van der Waals surface area contributed by atoms with E-state index in [9.17, 15) is 13.2 Å². The van der Waals surface area contributed by atoms with E-state index in [0.29, 0.717) is 6.42 Å². The van der Waals surface area contributed by atoms with Crippen LogP contribution in [0.25, 0.3) is 0 Å². The first-order valence-electron chi connectivity index (χ1n) is 7.81. The first-order valence-corrected chi connectivity index (χ1v) is 9.25. The zero-order valence-electron chi connectivity index (χ0n) is 13.0. The summed E-state index contributed by atoms with van der Waals surface area (Å²) in [4.78, 5) is 11.6. The summed E-state index contributed by atoms with van der Waals surface area (Å²) in [5, 5.41) is 2.55. The van der Waals surface area contributed by atoms with Crippen molar-refractivity contribution in [3.05, 3.63) is 24.3 Å². The molecule has 22 heavy (non-hydrogen) atoms. The summed E-state index contributed by atoms with van der Waals surface area (Å²) in [6.07, 6.45) is 8.17. The molecule has 0 aliphatic heterocycles. The van der Waals surface area contributed by atoms with Crippen LogP contribution in [0.2, 0.25) is 0 Å². The Morgan fingerprint density at radius 1 is 1.05 bits per heavy atom. The molecule has 5 nitrogen and oxygen atoms in total. The Kier molecular flexibility index (Phi) is 8.12. The Hall–Kier alpha value is -1.40. The number of rotatable bonds is 10. The van der Waals surface area contributed by atoms with Gasteiger partial charge in [0.1, 0.15) is 4.90 Å². The number of para-hydroxylation sites is 1. The SMILES string of the molecule is CCCCCCCCCC(=O)Nc1ccccc1S(=O)(=O)O. The van der Waals surface area contributed by atoms with Gasteiger partial charge in [0, 0.05) is 6.42 Å². The lowest BCUT2D eigenvalue weighted by Crippen LogP contribution is -2.14. The molecule has 0 radical (unpaired) electrons. The normalized spacial score (nSPS) is 11.4. The minimum atomic E-state index is -4.33. The van der Waals surface area contributed by atoms with Gasteiger partial charge in [0.05, 0.1) is 5.69 Å². The van der Waals surface area contributed by atoms with Gasteiger partial charge >= 0.3 is 0 Å². The van der Waals surface area contributed by atoms with Crippen molar-refractivity contribution >= 4 is 21.7 Å². The summed E-state index contributed by atoms with van der Waals surface area (Å²) in [5.74, 6) is -0.232. The Morgan fingerprint density at radius 2 is 1.64 bits per heavy atom. The molecule has 1 amide bonds. The minimum absolute atomic E-state index is 0.123. The van der Waals surface area contributed by atoms with E-state index in [0.717, 1.165) is 19.3 Å². The quantitative estimate of drug-likeness (QED) is 0.502. The van der Waals surface area contributed by atoms with E-state index in [2.05, 4.69) is 12.2 Å². The Balaban J connectivity index is 2.37. The van der Waals surface area contributed by atoms with Crippen molar-refractivity contribution in [2.75, 3.05) is 5.32 Å². The van der Waals surface area contributed by atoms with Crippen molar-refractivity contribution in [3.8, 4) is 0 Å². The lowest BCUT2D eigenvalue weighted by atomic mass is 10.1. The molecule has 1 aromatic carbocycles. The van der Waals surface area contributed by atoms with Crippen molar-refractivity contribution in [3.63, 3.8) is 0 Å². The molecule has 0 aliphatic carbocycles. The van der Waals surface area contributed by atoms with Crippen LogP contribution in [0.1, 0.15) is 58.3 Å². The Bertz CT molecular complexity index is 569. The molecule has 0 spiro atoms. The highest BCUT2D eigenvalue weighted by Crippen LogP contribution is 2.20. The van der Waals surface area contributed by atoms with Crippen molar-refractivity contribution in [1.29, 1.82) is 0 Å². The molecular formula is C16H25NO4S. The molecule has 0 saturated heterocycles. The maximum absolute atomic E-state index is 11.8. The van der Waals surface area contributed by atoms with E-state index >= 15 is 0 Å². The van der Waals surface area contributed by atoms with E-state index in [1.54, 1.807) is 6.07 Å². The van der Waals surface area contributed by atoms with Crippen molar-refractivity contribution in [1.82, 2.24) is 0 Å². The predicted octanol–water partition coefficient (Wildman–Crippen LogP) is 4.01. The molecule has 0 fully saturated rings. The smallest absolute Gasteiger partial charge is 0.296 e.